The molecule has 0 spiro atoms. The van der Waals surface area contributed by atoms with Gasteiger partial charge in [-0.3, -0.25) is 9.59 Å². The van der Waals surface area contributed by atoms with Crippen LogP contribution >= 0.6 is 0 Å². The summed E-state index contributed by atoms with van der Waals surface area (Å²) in [5.74, 6) is 2.03. The molecule has 1 amide bonds. The molecule has 4 aliphatic rings. The van der Waals surface area contributed by atoms with E-state index in [4.69, 9.17) is 0 Å². The molecule has 2 fully saturated rings. The number of Topliss-reactive ketones (excluding diaryl/α,β-unsaturated/α-hetero) is 1. The van der Waals surface area contributed by atoms with E-state index < -0.39 is 0 Å². The molecule has 0 unspecified atom stereocenters. The van der Waals surface area contributed by atoms with Crippen molar-refractivity contribution in [3.05, 3.63) is 35.1 Å². The number of rotatable bonds is 4. The van der Waals surface area contributed by atoms with Crippen LogP contribution in [-0.4, -0.2) is 24.8 Å². The lowest BCUT2D eigenvalue weighted by atomic mass is 9.45. The van der Waals surface area contributed by atoms with Gasteiger partial charge in [0.2, 0.25) is 0 Å². The normalized spacial score (nSPS) is 40.8. The van der Waals surface area contributed by atoms with Crippen molar-refractivity contribution < 1.29 is 9.59 Å². The number of carbonyl (C=O) groups excluding carboxylic acids is 2. The van der Waals surface area contributed by atoms with Crippen LogP contribution in [0.1, 0.15) is 73.1 Å². The zero-order valence-corrected chi connectivity index (χ0v) is 20.2. The molecule has 0 heterocycles. The first-order chi connectivity index (χ1) is 14.7. The van der Waals surface area contributed by atoms with Gasteiger partial charge in [-0.1, -0.05) is 37.6 Å². The summed E-state index contributed by atoms with van der Waals surface area (Å²) in [5, 5.41) is 6.37. The van der Waals surface area contributed by atoms with Gasteiger partial charge in [-0.2, -0.15) is 0 Å². The fourth-order valence-electron chi connectivity index (χ4n) is 7.68. The Labute approximate surface area is 188 Å². The van der Waals surface area contributed by atoms with E-state index in [-0.39, 0.29) is 23.0 Å². The molecule has 0 saturated heterocycles. The molecule has 4 aliphatic carbocycles. The van der Waals surface area contributed by atoms with E-state index in [0.717, 1.165) is 19.3 Å². The van der Waals surface area contributed by atoms with E-state index in [1.807, 2.05) is 13.0 Å². The highest BCUT2D eigenvalue weighted by molar-refractivity contribution is 6.04. The van der Waals surface area contributed by atoms with E-state index in [0.29, 0.717) is 40.5 Å². The standard InChI is InChI=1S/C27H40N2O2/c1-7-16(2)25(31)29-23-13-15-27(5)21-12-14-26(4)19(17(3)28-6)10-11-20(26)18(21)8-9-22(27)24(23)30/h7,10,13,17-18,20-22,28H,8-9,11-12,14-15H2,1-6H3,(H,29,31)/b16-7+/t17-,18-,20-,21-,22-,26+,27+/m0/s1. The number of amides is 1. The van der Waals surface area contributed by atoms with E-state index in [9.17, 15) is 9.59 Å². The maximum Gasteiger partial charge on any atom is 0.251 e. The molecule has 7 atom stereocenters. The summed E-state index contributed by atoms with van der Waals surface area (Å²) < 4.78 is 0. The Kier molecular flexibility index (Phi) is 5.83. The lowest BCUT2D eigenvalue weighted by Crippen LogP contribution is -2.55. The molecule has 170 valence electrons. The van der Waals surface area contributed by atoms with Gasteiger partial charge < -0.3 is 10.6 Å². The summed E-state index contributed by atoms with van der Waals surface area (Å²) in [6.45, 7) is 10.8. The highest BCUT2D eigenvalue weighted by atomic mass is 16.2. The fraction of sp³-hybridized carbons (Fsp3) is 0.704. The van der Waals surface area contributed by atoms with E-state index in [2.05, 4.69) is 44.5 Å². The number of ketones is 1. The summed E-state index contributed by atoms with van der Waals surface area (Å²) in [6, 6.07) is 0.435. The van der Waals surface area contributed by atoms with Crippen LogP contribution in [0.4, 0.5) is 0 Å². The smallest absolute Gasteiger partial charge is 0.251 e. The predicted octanol–water partition coefficient (Wildman–Crippen LogP) is 4.93. The van der Waals surface area contributed by atoms with Gasteiger partial charge in [0.15, 0.2) is 5.78 Å². The van der Waals surface area contributed by atoms with Crippen molar-refractivity contribution in [2.24, 2.45) is 34.5 Å². The summed E-state index contributed by atoms with van der Waals surface area (Å²) in [5.41, 5.74) is 3.10. The molecule has 4 heteroatoms. The molecule has 0 aromatic rings. The minimum atomic E-state index is -0.156. The Bertz CT molecular complexity index is 868. The molecular weight excluding hydrogens is 384 g/mol. The fourth-order valence-corrected chi connectivity index (χ4v) is 7.68. The number of carbonyl (C=O) groups is 2. The Hall–Kier alpha value is -1.68. The summed E-state index contributed by atoms with van der Waals surface area (Å²) >= 11 is 0. The van der Waals surface area contributed by atoms with Crippen molar-refractivity contribution in [1.29, 1.82) is 0 Å². The lowest BCUT2D eigenvalue weighted by molar-refractivity contribution is -0.138. The zero-order valence-electron chi connectivity index (χ0n) is 20.2. The molecule has 0 aliphatic heterocycles. The first-order valence-electron chi connectivity index (χ1n) is 12.2. The van der Waals surface area contributed by atoms with E-state index >= 15 is 0 Å². The second kappa shape index (κ2) is 8.03. The number of nitrogens with one attached hydrogen (secondary N) is 2. The minimum absolute atomic E-state index is 0.0164. The number of fused-ring (bicyclic) bond motifs is 5. The summed E-state index contributed by atoms with van der Waals surface area (Å²) in [4.78, 5) is 25.8. The minimum Gasteiger partial charge on any atom is -0.319 e. The largest absolute Gasteiger partial charge is 0.319 e. The summed E-state index contributed by atoms with van der Waals surface area (Å²) in [6.07, 6.45) is 12.9. The van der Waals surface area contributed by atoms with E-state index in [1.165, 1.54) is 19.3 Å². The van der Waals surface area contributed by atoms with Crippen LogP contribution in [0.3, 0.4) is 0 Å². The van der Waals surface area contributed by atoms with Gasteiger partial charge in [0, 0.05) is 17.5 Å². The van der Waals surface area contributed by atoms with Crippen LogP contribution in [-0.2, 0) is 9.59 Å². The van der Waals surface area contributed by atoms with Crippen LogP contribution in [0.25, 0.3) is 0 Å². The van der Waals surface area contributed by atoms with Gasteiger partial charge in [0.25, 0.3) is 5.91 Å². The molecule has 2 N–H and O–H groups in total. The third kappa shape index (κ3) is 3.37. The molecule has 4 nitrogen and oxygen atoms in total. The zero-order chi connectivity index (χ0) is 22.6. The molecule has 31 heavy (non-hydrogen) atoms. The molecule has 0 radical (unpaired) electrons. The first-order valence-corrected chi connectivity index (χ1v) is 12.2. The Morgan fingerprint density at radius 1 is 1.19 bits per heavy atom. The van der Waals surface area contributed by atoms with Gasteiger partial charge in [-0.25, -0.2) is 0 Å². The predicted molar refractivity (Wildman–Crippen MR) is 125 cm³/mol. The molecule has 2 saturated carbocycles. The van der Waals surface area contributed by atoms with Gasteiger partial charge in [-0.15, -0.1) is 0 Å². The highest BCUT2D eigenvalue weighted by Gasteiger charge is 2.59. The molecule has 0 aromatic heterocycles. The van der Waals surface area contributed by atoms with Crippen molar-refractivity contribution in [3.63, 3.8) is 0 Å². The third-order valence-electron chi connectivity index (χ3n) is 9.78. The molecular formula is C27H40N2O2. The van der Waals surface area contributed by atoms with Gasteiger partial charge >= 0.3 is 0 Å². The summed E-state index contributed by atoms with van der Waals surface area (Å²) in [7, 11) is 2.06. The molecule has 0 aromatic carbocycles. The quantitative estimate of drug-likeness (QED) is 0.497. The van der Waals surface area contributed by atoms with Crippen molar-refractivity contribution in [2.75, 3.05) is 7.05 Å². The van der Waals surface area contributed by atoms with Crippen molar-refractivity contribution in [2.45, 2.75) is 79.2 Å². The van der Waals surface area contributed by atoms with Crippen LogP contribution < -0.4 is 10.6 Å². The van der Waals surface area contributed by atoms with Gasteiger partial charge in [0.05, 0.1) is 5.70 Å². The average Bonchev–Trinajstić information content (AvgIpc) is 3.11. The maximum absolute atomic E-state index is 13.4. The maximum atomic E-state index is 13.4. The van der Waals surface area contributed by atoms with Crippen LogP contribution in [0.2, 0.25) is 0 Å². The van der Waals surface area contributed by atoms with Crippen molar-refractivity contribution in [3.8, 4) is 0 Å². The number of allylic oxidation sites excluding steroid dienone is 4. The molecule has 4 rings (SSSR count). The average molecular weight is 425 g/mol. The topological polar surface area (TPSA) is 58.2 Å². The van der Waals surface area contributed by atoms with Crippen LogP contribution in [0, 0.1) is 34.5 Å². The van der Waals surface area contributed by atoms with Crippen molar-refractivity contribution in [1.82, 2.24) is 10.6 Å². The van der Waals surface area contributed by atoms with Crippen LogP contribution in [0.5, 0.6) is 0 Å². The third-order valence-corrected chi connectivity index (χ3v) is 9.78. The van der Waals surface area contributed by atoms with Gasteiger partial charge in [-0.05, 0) is 94.9 Å². The molecule has 0 bridgehead atoms. The number of hydrogen-bond donors (Lipinski definition) is 2. The van der Waals surface area contributed by atoms with E-state index in [1.54, 1.807) is 18.6 Å². The van der Waals surface area contributed by atoms with Crippen molar-refractivity contribution >= 4 is 11.7 Å². The Morgan fingerprint density at radius 3 is 2.61 bits per heavy atom. The lowest BCUT2D eigenvalue weighted by Gasteiger charge is -2.59. The SMILES string of the molecule is C/C=C(\C)C(=O)NC1=CC[C@@]2(C)[C@@H](CC[C@@H]3[C@@H]2CC[C@]2(C)C([C@H](C)NC)=CC[C@@H]32)C1=O. The highest BCUT2D eigenvalue weighted by Crippen LogP contribution is 2.65. The van der Waals surface area contributed by atoms with Crippen LogP contribution in [0.15, 0.2) is 35.1 Å². The Balaban J connectivity index is 1.57. The monoisotopic (exact) mass is 424 g/mol. The second-order valence-electron chi connectivity index (χ2n) is 11.0. The first kappa shape index (κ1) is 22.5. The Morgan fingerprint density at radius 2 is 1.94 bits per heavy atom. The van der Waals surface area contributed by atoms with Gasteiger partial charge in [0.1, 0.15) is 0 Å². The number of hydrogen-bond acceptors (Lipinski definition) is 3. The number of likely N-dealkylation sites (N-methyl/N-ethyl adjacent to an activating group) is 1. The second-order valence-corrected chi connectivity index (χ2v) is 11.0.